The first-order chi connectivity index (χ1) is 9.74. The minimum absolute atomic E-state index is 0.0203. The fraction of sp³-hybridized carbons (Fsp3) is 0.250. The molecule has 0 aliphatic rings. The minimum Gasteiger partial charge on any atom is -0.326 e. The highest BCUT2D eigenvalue weighted by Crippen LogP contribution is 2.13. The predicted molar refractivity (Wildman–Crippen MR) is 67.0 cm³/mol. The SMILES string of the molecule is CCC(=O)Nc1ccc(C(=O)NNC(=O)C(F)(F)F)cc1. The summed E-state index contributed by atoms with van der Waals surface area (Å²) in [6.45, 7) is 1.67. The van der Waals surface area contributed by atoms with Crippen molar-refractivity contribution in [1.29, 1.82) is 0 Å². The Hall–Kier alpha value is -2.58. The molecular weight excluding hydrogens is 291 g/mol. The molecule has 0 saturated heterocycles. The van der Waals surface area contributed by atoms with E-state index < -0.39 is 18.0 Å². The van der Waals surface area contributed by atoms with E-state index in [1.807, 2.05) is 0 Å². The second kappa shape index (κ2) is 6.73. The number of hydrogen-bond acceptors (Lipinski definition) is 3. The van der Waals surface area contributed by atoms with E-state index in [1.165, 1.54) is 29.7 Å². The van der Waals surface area contributed by atoms with Crippen molar-refractivity contribution in [3.8, 4) is 0 Å². The predicted octanol–water partition coefficient (Wildman–Crippen LogP) is 1.36. The molecule has 1 aromatic carbocycles. The fourth-order valence-electron chi connectivity index (χ4n) is 1.21. The first-order valence-electron chi connectivity index (χ1n) is 5.81. The van der Waals surface area contributed by atoms with Crippen molar-refractivity contribution in [1.82, 2.24) is 10.9 Å². The summed E-state index contributed by atoms with van der Waals surface area (Å²) < 4.78 is 35.7. The molecule has 3 N–H and O–H groups in total. The third-order valence-electron chi connectivity index (χ3n) is 2.30. The molecule has 3 amide bonds. The van der Waals surface area contributed by atoms with Crippen molar-refractivity contribution in [2.45, 2.75) is 19.5 Å². The Bertz CT molecular complexity index is 541. The van der Waals surface area contributed by atoms with Gasteiger partial charge in [0.1, 0.15) is 0 Å². The highest BCUT2D eigenvalue weighted by atomic mass is 19.4. The first-order valence-corrected chi connectivity index (χ1v) is 5.81. The summed E-state index contributed by atoms with van der Waals surface area (Å²) in [5, 5.41) is 2.54. The molecule has 9 heteroatoms. The number of nitrogens with one attached hydrogen (secondary N) is 3. The van der Waals surface area contributed by atoms with E-state index in [9.17, 15) is 27.6 Å². The van der Waals surface area contributed by atoms with Crippen molar-refractivity contribution in [2.75, 3.05) is 5.32 Å². The average molecular weight is 303 g/mol. The lowest BCUT2D eigenvalue weighted by molar-refractivity contribution is -0.174. The van der Waals surface area contributed by atoms with Crippen molar-refractivity contribution in [3.63, 3.8) is 0 Å². The molecule has 0 saturated carbocycles. The second-order valence-corrected chi connectivity index (χ2v) is 3.89. The minimum atomic E-state index is -5.08. The van der Waals surface area contributed by atoms with Crippen LogP contribution in [0.4, 0.5) is 18.9 Å². The zero-order valence-electron chi connectivity index (χ0n) is 10.9. The molecular formula is C12H12F3N3O3. The molecule has 114 valence electrons. The third-order valence-corrected chi connectivity index (χ3v) is 2.30. The number of hydrazine groups is 1. The van der Waals surface area contributed by atoms with Gasteiger partial charge in [-0.1, -0.05) is 6.92 Å². The molecule has 0 unspecified atom stereocenters. The molecule has 0 heterocycles. The zero-order valence-corrected chi connectivity index (χ0v) is 10.9. The highest BCUT2D eigenvalue weighted by molar-refractivity contribution is 5.97. The molecule has 0 aromatic heterocycles. The summed E-state index contributed by atoms with van der Waals surface area (Å²) in [5.41, 5.74) is 3.34. The van der Waals surface area contributed by atoms with Gasteiger partial charge in [-0.05, 0) is 24.3 Å². The molecule has 21 heavy (non-hydrogen) atoms. The number of carbonyl (C=O) groups excluding carboxylic acids is 3. The van der Waals surface area contributed by atoms with E-state index in [1.54, 1.807) is 12.3 Å². The molecule has 0 spiro atoms. The van der Waals surface area contributed by atoms with E-state index in [-0.39, 0.29) is 17.9 Å². The summed E-state index contributed by atoms with van der Waals surface area (Å²) in [7, 11) is 0. The largest absolute Gasteiger partial charge is 0.472 e. The molecule has 0 aliphatic carbocycles. The highest BCUT2D eigenvalue weighted by Gasteiger charge is 2.38. The van der Waals surface area contributed by atoms with E-state index in [0.29, 0.717) is 5.69 Å². The van der Waals surface area contributed by atoms with Gasteiger partial charge in [-0.2, -0.15) is 13.2 Å². The maximum atomic E-state index is 11.9. The number of amides is 3. The summed E-state index contributed by atoms with van der Waals surface area (Å²) in [6.07, 6.45) is -4.80. The topological polar surface area (TPSA) is 87.3 Å². The number of anilines is 1. The van der Waals surface area contributed by atoms with Gasteiger partial charge in [-0.3, -0.25) is 25.2 Å². The van der Waals surface area contributed by atoms with Crippen LogP contribution in [-0.2, 0) is 9.59 Å². The van der Waals surface area contributed by atoms with Crippen molar-refractivity contribution < 1.29 is 27.6 Å². The maximum absolute atomic E-state index is 11.9. The van der Waals surface area contributed by atoms with Crippen LogP contribution in [0.1, 0.15) is 23.7 Å². The summed E-state index contributed by atoms with van der Waals surface area (Å²) >= 11 is 0. The van der Waals surface area contributed by atoms with E-state index in [4.69, 9.17) is 0 Å². The molecule has 1 aromatic rings. The standard InChI is InChI=1S/C12H12F3N3O3/c1-2-9(19)16-8-5-3-7(4-6-8)10(20)17-18-11(21)12(13,14)15/h3-6H,2H2,1H3,(H,16,19)(H,17,20)(H,18,21). The summed E-state index contributed by atoms with van der Waals surface area (Å²) in [5.74, 6) is -3.41. The molecule has 6 nitrogen and oxygen atoms in total. The van der Waals surface area contributed by atoms with Gasteiger partial charge in [-0.25, -0.2) is 0 Å². The van der Waals surface area contributed by atoms with Gasteiger partial charge in [0, 0.05) is 17.7 Å². The van der Waals surface area contributed by atoms with Crippen LogP contribution < -0.4 is 16.2 Å². The smallest absolute Gasteiger partial charge is 0.326 e. The lowest BCUT2D eigenvalue weighted by Crippen LogP contribution is -2.47. The Labute approximate surface area is 117 Å². The molecule has 0 aliphatic heterocycles. The molecule has 1 rings (SSSR count). The first kappa shape index (κ1) is 16.5. The van der Waals surface area contributed by atoms with Crippen LogP contribution in [0.15, 0.2) is 24.3 Å². The van der Waals surface area contributed by atoms with Crippen LogP contribution in [-0.4, -0.2) is 23.9 Å². The Balaban J connectivity index is 2.59. The van der Waals surface area contributed by atoms with Crippen molar-refractivity contribution in [3.05, 3.63) is 29.8 Å². The van der Waals surface area contributed by atoms with Gasteiger partial charge in [0.2, 0.25) is 5.91 Å². The van der Waals surface area contributed by atoms with Crippen LogP contribution in [0.25, 0.3) is 0 Å². The van der Waals surface area contributed by atoms with Crippen LogP contribution in [0.3, 0.4) is 0 Å². The number of rotatable bonds is 3. The third kappa shape index (κ3) is 5.13. The van der Waals surface area contributed by atoms with E-state index >= 15 is 0 Å². The maximum Gasteiger partial charge on any atom is 0.472 e. The Morgan fingerprint density at radius 1 is 1.05 bits per heavy atom. The number of carbonyl (C=O) groups is 3. The van der Waals surface area contributed by atoms with Gasteiger partial charge in [0.15, 0.2) is 0 Å². The van der Waals surface area contributed by atoms with Crippen LogP contribution in [0.5, 0.6) is 0 Å². The lowest BCUT2D eigenvalue weighted by atomic mass is 10.2. The van der Waals surface area contributed by atoms with Crippen LogP contribution >= 0.6 is 0 Å². The molecule has 0 bridgehead atoms. The number of hydrogen-bond donors (Lipinski definition) is 3. The molecule has 0 fully saturated rings. The quantitative estimate of drug-likeness (QED) is 0.737. The van der Waals surface area contributed by atoms with Gasteiger partial charge >= 0.3 is 12.1 Å². The Morgan fingerprint density at radius 2 is 1.62 bits per heavy atom. The molecule has 0 radical (unpaired) electrons. The Kier molecular flexibility index (Phi) is 5.28. The van der Waals surface area contributed by atoms with Crippen molar-refractivity contribution >= 4 is 23.4 Å². The second-order valence-electron chi connectivity index (χ2n) is 3.89. The van der Waals surface area contributed by atoms with E-state index in [2.05, 4.69) is 5.32 Å². The summed E-state index contributed by atoms with van der Waals surface area (Å²) in [6, 6.07) is 5.41. The van der Waals surface area contributed by atoms with Gasteiger partial charge < -0.3 is 5.32 Å². The van der Waals surface area contributed by atoms with Gasteiger partial charge in [-0.15, -0.1) is 0 Å². The number of benzene rings is 1. The fourth-order valence-corrected chi connectivity index (χ4v) is 1.21. The monoisotopic (exact) mass is 303 g/mol. The van der Waals surface area contributed by atoms with Crippen LogP contribution in [0, 0.1) is 0 Å². The molecule has 0 atom stereocenters. The van der Waals surface area contributed by atoms with Gasteiger partial charge in [0.05, 0.1) is 0 Å². The van der Waals surface area contributed by atoms with Crippen LogP contribution in [0.2, 0.25) is 0 Å². The lowest BCUT2D eigenvalue weighted by Gasteiger charge is -2.09. The van der Waals surface area contributed by atoms with E-state index in [0.717, 1.165) is 0 Å². The summed E-state index contributed by atoms with van der Waals surface area (Å²) in [4.78, 5) is 33.1. The normalized spacial score (nSPS) is 10.7. The number of alkyl halides is 3. The Morgan fingerprint density at radius 3 is 2.10 bits per heavy atom. The number of halogens is 3. The average Bonchev–Trinajstić information content (AvgIpc) is 2.43. The van der Waals surface area contributed by atoms with Gasteiger partial charge in [0.25, 0.3) is 5.91 Å². The zero-order chi connectivity index (χ0) is 16.0. The van der Waals surface area contributed by atoms with Crippen molar-refractivity contribution in [2.24, 2.45) is 0 Å².